The van der Waals surface area contributed by atoms with Crippen LogP contribution in [-0.2, 0) is 0 Å². The predicted octanol–water partition coefficient (Wildman–Crippen LogP) is 4.45. The van der Waals surface area contributed by atoms with Crippen molar-refractivity contribution in [2.45, 2.75) is 6.92 Å². The molecule has 2 aromatic rings. The van der Waals surface area contributed by atoms with Gasteiger partial charge in [-0.1, -0.05) is 23.2 Å². The molecule has 0 aliphatic rings. The quantitative estimate of drug-likeness (QED) is 0.647. The topological polar surface area (TPSA) is 12.9 Å². The smallest absolute Gasteiger partial charge is 0.0854 e. The molecule has 1 nitrogen and oxygen atoms in total. The van der Waals surface area contributed by atoms with E-state index >= 15 is 0 Å². The monoisotopic (exact) mass is 337 g/mol. The van der Waals surface area contributed by atoms with Crippen molar-refractivity contribution in [2.75, 3.05) is 0 Å². The molecule has 0 unspecified atom stereocenters. The van der Waals surface area contributed by atoms with Crippen LogP contribution in [0.5, 0.6) is 0 Å². The average molecular weight is 338 g/mol. The first-order valence-electron chi connectivity index (χ1n) is 4.00. The van der Waals surface area contributed by atoms with Gasteiger partial charge in [-0.2, -0.15) is 0 Å². The summed E-state index contributed by atoms with van der Waals surface area (Å²) in [6.07, 6.45) is 0. The van der Waals surface area contributed by atoms with Crippen LogP contribution in [0.25, 0.3) is 10.9 Å². The van der Waals surface area contributed by atoms with E-state index in [1.807, 2.05) is 25.1 Å². The van der Waals surface area contributed by atoms with Gasteiger partial charge in [-0.25, -0.2) is 0 Å². The van der Waals surface area contributed by atoms with E-state index in [1.165, 1.54) is 0 Å². The van der Waals surface area contributed by atoms with Gasteiger partial charge >= 0.3 is 0 Å². The fraction of sp³-hybridized carbons (Fsp3) is 0.100. The Morgan fingerprint density at radius 2 is 1.93 bits per heavy atom. The van der Waals surface area contributed by atoms with Gasteiger partial charge in [0.1, 0.15) is 0 Å². The van der Waals surface area contributed by atoms with E-state index in [0.717, 1.165) is 20.2 Å². The second-order valence-electron chi connectivity index (χ2n) is 3.03. The summed E-state index contributed by atoms with van der Waals surface area (Å²) in [6, 6.07) is 5.57. The Labute approximate surface area is 106 Å². The number of nitrogens with zero attached hydrogens (tertiary/aromatic N) is 1. The summed E-state index contributed by atoms with van der Waals surface area (Å²) in [7, 11) is 0. The minimum Gasteiger partial charge on any atom is -0.252 e. The zero-order chi connectivity index (χ0) is 10.3. The van der Waals surface area contributed by atoms with Crippen LogP contribution in [0, 0.1) is 10.5 Å². The minimum absolute atomic E-state index is 0.689. The molecule has 0 saturated carbocycles. The van der Waals surface area contributed by atoms with E-state index in [4.69, 9.17) is 23.2 Å². The lowest BCUT2D eigenvalue weighted by molar-refractivity contribution is 1.25. The van der Waals surface area contributed by atoms with Crippen LogP contribution in [-0.4, -0.2) is 4.98 Å². The van der Waals surface area contributed by atoms with E-state index in [0.29, 0.717) is 10.0 Å². The van der Waals surface area contributed by atoms with Crippen LogP contribution in [0.1, 0.15) is 5.69 Å². The van der Waals surface area contributed by atoms with Gasteiger partial charge in [0.25, 0.3) is 0 Å². The van der Waals surface area contributed by atoms with Crippen LogP contribution >= 0.6 is 45.8 Å². The summed E-state index contributed by atoms with van der Waals surface area (Å²) in [4.78, 5) is 4.43. The molecule has 1 heterocycles. The lowest BCUT2D eigenvalue weighted by atomic mass is 10.2. The predicted molar refractivity (Wildman–Crippen MR) is 69.2 cm³/mol. The Morgan fingerprint density at radius 1 is 1.21 bits per heavy atom. The normalized spacial score (nSPS) is 10.9. The van der Waals surface area contributed by atoms with Crippen molar-refractivity contribution in [1.82, 2.24) is 4.98 Å². The molecule has 1 aromatic heterocycles. The summed E-state index contributed by atoms with van der Waals surface area (Å²) in [5, 5.41) is 2.30. The van der Waals surface area contributed by atoms with Crippen molar-refractivity contribution >= 4 is 56.7 Å². The number of hydrogen-bond acceptors (Lipinski definition) is 1. The first-order chi connectivity index (χ1) is 6.58. The number of benzene rings is 1. The molecule has 0 saturated heterocycles. The van der Waals surface area contributed by atoms with Gasteiger partial charge in [0.05, 0.1) is 10.5 Å². The first-order valence-corrected chi connectivity index (χ1v) is 5.83. The summed E-state index contributed by atoms with van der Waals surface area (Å²) in [5.41, 5.74) is 1.84. The van der Waals surface area contributed by atoms with Gasteiger partial charge in [-0.3, -0.25) is 4.98 Å². The molecule has 0 spiro atoms. The second kappa shape index (κ2) is 3.83. The Bertz CT molecular complexity index is 464. The summed E-state index contributed by atoms with van der Waals surface area (Å²) in [5.74, 6) is 0. The van der Waals surface area contributed by atoms with Crippen LogP contribution in [0.4, 0.5) is 0 Å². The molecule has 0 N–H and O–H groups in total. The van der Waals surface area contributed by atoms with Crippen molar-refractivity contribution < 1.29 is 0 Å². The van der Waals surface area contributed by atoms with E-state index < -0.39 is 0 Å². The third-order valence-corrected chi connectivity index (χ3v) is 3.26. The zero-order valence-corrected chi connectivity index (χ0v) is 11.0. The molecule has 0 atom stereocenters. The summed E-state index contributed by atoms with van der Waals surface area (Å²) >= 11 is 14.3. The van der Waals surface area contributed by atoms with Crippen molar-refractivity contribution in [1.29, 1.82) is 0 Å². The molecule has 1 aromatic carbocycles. The fourth-order valence-corrected chi connectivity index (χ4v) is 2.78. The first kappa shape index (κ1) is 10.5. The lowest BCUT2D eigenvalue weighted by Gasteiger charge is -2.04. The number of hydrogen-bond donors (Lipinski definition) is 0. The number of fused-ring (bicyclic) bond motifs is 1. The maximum atomic E-state index is 6.10. The second-order valence-corrected chi connectivity index (χ2v) is 5.04. The largest absolute Gasteiger partial charge is 0.252 e. The maximum Gasteiger partial charge on any atom is 0.0854 e. The molecule has 2 rings (SSSR count). The van der Waals surface area contributed by atoms with Crippen LogP contribution in [0.2, 0.25) is 10.0 Å². The van der Waals surface area contributed by atoms with Gasteiger partial charge in [-0.05, 0) is 47.7 Å². The lowest BCUT2D eigenvalue weighted by Crippen LogP contribution is -1.87. The fourth-order valence-electron chi connectivity index (χ4n) is 1.33. The van der Waals surface area contributed by atoms with Gasteiger partial charge in [-0.15, -0.1) is 0 Å². The number of halogens is 3. The van der Waals surface area contributed by atoms with E-state index in [-0.39, 0.29) is 0 Å². The Hall–Kier alpha value is -0.0600. The molecule has 14 heavy (non-hydrogen) atoms. The summed E-state index contributed by atoms with van der Waals surface area (Å²) in [6.45, 7) is 1.93. The van der Waals surface area contributed by atoms with Crippen molar-refractivity contribution in [3.8, 4) is 0 Å². The van der Waals surface area contributed by atoms with Crippen LogP contribution in [0.15, 0.2) is 18.2 Å². The van der Waals surface area contributed by atoms with Gasteiger partial charge in [0, 0.05) is 19.7 Å². The molecule has 4 heteroatoms. The number of pyridine rings is 1. The Kier molecular flexibility index (Phi) is 2.86. The highest BCUT2D eigenvalue weighted by Gasteiger charge is 2.06. The third kappa shape index (κ3) is 1.83. The summed E-state index contributed by atoms with van der Waals surface area (Å²) < 4.78 is 1.02. The Balaban J connectivity index is 2.94. The number of rotatable bonds is 0. The van der Waals surface area contributed by atoms with Gasteiger partial charge in [0.2, 0.25) is 0 Å². The van der Waals surface area contributed by atoms with Gasteiger partial charge < -0.3 is 0 Å². The van der Waals surface area contributed by atoms with Crippen molar-refractivity contribution in [3.63, 3.8) is 0 Å². The molecule has 0 aliphatic carbocycles. The molecule has 72 valence electrons. The maximum absolute atomic E-state index is 6.10. The standard InChI is InChI=1S/C10H6Cl2IN/c1-5-2-8(12)7-3-6(11)4-9(13)10(7)14-5/h2-4H,1H3. The molecular weight excluding hydrogens is 332 g/mol. The van der Waals surface area contributed by atoms with E-state index in [2.05, 4.69) is 27.6 Å². The van der Waals surface area contributed by atoms with Crippen LogP contribution < -0.4 is 0 Å². The highest BCUT2D eigenvalue weighted by molar-refractivity contribution is 14.1. The van der Waals surface area contributed by atoms with E-state index in [9.17, 15) is 0 Å². The highest BCUT2D eigenvalue weighted by atomic mass is 127. The third-order valence-electron chi connectivity index (χ3n) is 1.91. The molecule has 0 radical (unpaired) electrons. The van der Waals surface area contributed by atoms with E-state index in [1.54, 1.807) is 0 Å². The number of aryl methyl sites for hydroxylation is 1. The minimum atomic E-state index is 0.689. The molecule has 0 fully saturated rings. The van der Waals surface area contributed by atoms with Crippen LogP contribution in [0.3, 0.4) is 0 Å². The molecule has 0 aliphatic heterocycles. The molecule has 0 amide bonds. The van der Waals surface area contributed by atoms with Crippen molar-refractivity contribution in [3.05, 3.63) is 37.5 Å². The average Bonchev–Trinajstić information content (AvgIpc) is 2.07. The molecular formula is C10H6Cl2IN. The van der Waals surface area contributed by atoms with Crippen molar-refractivity contribution in [2.24, 2.45) is 0 Å². The SMILES string of the molecule is Cc1cc(Cl)c2cc(Cl)cc(I)c2n1. The zero-order valence-electron chi connectivity index (χ0n) is 7.31. The Morgan fingerprint density at radius 3 is 2.64 bits per heavy atom. The highest BCUT2D eigenvalue weighted by Crippen LogP contribution is 2.29. The molecule has 0 bridgehead atoms. The number of aromatic nitrogens is 1. The van der Waals surface area contributed by atoms with Gasteiger partial charge in [0.15, 0.2) is 0 Å².